The molecule has 1 aromatic heterocycles. The van der Waals surface area contributed by atoms with E-state index < -0.39 is 0 Å². The molecule has 6 rings (SSSR count). The number of anilines is 1. The zero-order valence-electron chi connectivity index (χ0n) is 19.9. The van der Waals surface area contributed by atoms with Crippen LogP contribution >= 0.6 is 0 Å². The highest BCUT2D eigenvalue weighted by Crippen LogP contribution is 2.42. The van der Waals surface area contributed by atoms with Crippen LogP contribution < -0.4 is 15.4 Å². The van der Waals surface area contributed by atoms with E-state index >= 15 is 0 Å². The summed E-state index contributed by atoms with van der Waals surface area (Å²) in [6.45, 7) is 2.88. The molecule has 2 N–H and O–H groups in total. The quantitative estimate of drug-likeness (QED) is 0.680. The van der Waals surface area contributed by atoms with Crippen molar-refractivity contribution in [3.8, 4) is 5.75 Å². The van der Waals surface area contributed by atoms with Crippen molar-refractivity contribution in [2.45, 2.75) is 62.8 Å². The number of nitrogens with zero attached hydrogens (tertiary/aromatic N) is 3. The first-order valence-electron chi connectivity index (χ1n) is 12.6. The molecule has 1 unspecified atom stereocenters. The third-order valence-corrected chi connectivity index (χ3v) is 8.06. The summed E-state index contributed by atoms with van der Waals surface area (Å²) in [4.78, 5) is 15.0. The maximum Gasteiger partial charge on any atom is 0.319 e. The molecule has 2 amide bonds. The summed E-state index contributed by atoms with van der Waals surface area (Å²) >= 11 is 0. The average molecular weight is 452 g/mol. The van der Waals surface area contributed by atoms with Crippen LogP contribution in [0.15, 0.2) is 30.3 Å². The molecular weight excluding hydrogens is 414 g/mol. The number of carbonyl (C=O) groups excluding carboxylic acids is 1. The predicted molar refractivity (Wildman–Crippen MR) is 130 cm³/mol. The lowest BCUT2D eigenvalue weighted by Crippen LogP contribution is -2.56. The Labute approximate surface area is 196 Å². The number of hydrogen-bond donors (Lipinski definition) is 2. The van der Waals surface area contributed by atoms with Crippen molar-refractivity contribution in [2.24, 2.45) is 13.0 Å². The fourth-order valence-corrected chi connectivity index (χ4v) is 6.20. The molecule has 1 saturated carbocycles. The second-order valence-corrected chi connectivity index (χ2v) is 10.1. The molecule has 4 fully saturated rings. The molecule has 3 aliphatic heterocycles. The first-order valence-corrected chi connectivity index (χ1v) is 12.6. The lowest BCUT2D eigenvalue weighted by Gasteiger charge is -2.49. The van der Waals surface area contributed by atoms with Crippen LogP contribution in [0.2, 0.25) is 0 Å². The summed E-state index contributed by atoms with van der Waals surface area (Å²) in [5.74, 6) is 2.65. The number of amides is 2. The number of aryl methyl sites for hydroxylation is 1. The van der Waals surface area contributed by atoms with Crippen LogP contribution in [0, 0.1) is 5.92 Å². The molecule has 4 atom stereocenters. The van der Waals surface area contributed by atoms with E-state index in [-0.39, 0.29) is 6.03 Å². The van der Waals surface area contributed by atoms with Gasteiger partial charge in [0.15, 0.2) is 0 Å². The summed E-state index contributed by atoms with van der Waals surface area (Å²) in [6, 6.07) is 10.1. The van der Waals surface area contributed by atoms with E-state index in [0.29, 0.717) is 30.3 Å². The van der Waals surface area contributed by atoms with Gasteiger partial charge in [-0.15, -0.1) is 0 Å². The second kappa shape index (κ2) is 9.75. The van der Waals surface area contributed by atoms with Crippen molar-refractivity contribution in [3.63, 3.8) is 0 Å². The summed E-state index contributed by atoms with van der Waals surface area (Å²) in [5.41, 5.74) is 3.50. The van der Waals surface area contributed by atoms with Crippen molar-refractivity contribution < 1.29 is 9.53 Å². The maximum atomic E-state index is 12.4. The molecular formula is C26H37N5O2. The summed E-state index contributed by atoms with van der Waals surface area (Å²) in [5, 5.41) is 11.0. The van der Waals surface area contributed by atoms with E-state index in [1.807, 2.05) is 24.3 Å². The number of aromatic nitrogens is 2. The van der Waals surface area contributed by atoms with Gasteiger partial charge in [-0.25, -0.2) is 4.79 Å². The van der Waals surface area contributed by atoms with Gasteiger partial charge in [0.05, 0.1) is 12.8 Å². The van der Waals surface area contributed by atoms with Crippen molar-refractivity contribution in [3.05, 3.63) is 41.7 Å². The van der Waals surface area contributed by atoms with Crippen LogP contribution in [0.3, 0.4) is 0 Å². The molecule has 33 heavy (non-hydrogen) atoms. The van der Waals surface area contributed by atoms with Crippen LogP contribution in [0.5, 0.6) is 5.75 Å². The van der Waals surface area contributed by atoms with Gasteiger partial charge in [0.25, 0.3) is 0 Å². The Kier molecular flexibility index (Phi) is 6.58. The molecule has 1 aromatic carbocycles. The van der Waals surface area contributed by atoms with Crippen LogP contribution in [0.4, 0.5) is 10.5 Å². The first-order chi connectivity index (χ1) is 16.1. The smallest absolute Gasteiger partial charge is 0.319 e. The van der Waals surface area contributed by atoms with Crippen LogP contribution in [0.1, 0.15) is 68.2 Å². The first kappa shape index (κ1) is 22.3. The number of piperidine rings is 3. The molecule has 4 aliphatic rings. The number of fused-ring (bicyclic) bond motifs is 3. The van der Waals surface area contributed by atoms with E-state index in [2.05, 4.69) is 33.3 Å². The Bertz CT molecular complexity index is 950. The average Bonchev–Trinajstić information content (AvgIpc) is 3.25. The van der Waals surface area contributed by atoms with Crippen molar-refractivity contribution in [1.29, 1.82) is 0 Å². The molecule has 2 aromatic rings. The van der Waals surface area contributed by atoms with Gasteiger partial charge in [0, 0.05) is 49.4 Å². The van der Waals surface area contributed by atoms with Crippen molar-refractivity contribution >= 4 is 11.7 Å². The molecule has 1 aliphatic carbocycles. The Morgan fingerprint density at radius 1 is 1.15 bits per heavy atom. The maximum absolute atomic E-state index is 12.4. The van der Waals surface area contributed by atoms with E-state index in [1.54, 1.807) is 7.11 Å². The Morgan fingerprint density at radius 2 is 1.94 bits per heavy atom. The molecule has 2 bridgehead atoms. The number of benzene rings is 1. The summed E-state index contributed by atoms with van der Waals surface area (Å²) < 4.78 is 7.33. The van der Waals surface area contributed by atoms with E-state index in [4.69, 9.17) is 9.84 Å². The van der Waals surface area contributed by atoms with Gasteiger partial charge in [0.2, 0.25) is 0 Å². The molecule has 0 spiro atoms. The summed E-state index contributed by atoms with van der Waals surface area (Å²) in [7, 11) is 3.76. The fourth-order valence-electron chi connectivity index (χ4n) is 6.20. The normalized spacial score (nSPS) is 27.3. The number of hydrogen-bond acceptors (Lipinski definition) is 4. The molecule has 7 nitrogen and oxygen atoms in total. The van der Waals surface area contributed by atoms with Crippen LogP contribution in [-0.2, 0) is 7.05 Å². The third-order valence-electron chi connectivity index (χ3n) is 8.06. The SMILES string of the molecule is COc1ccc(NC(=O)NC[C@H]2C[C@@H]3CCN2C[C@H]3c2cc(C3CCCCC3)nn2C)cc1. The van der Waals surface area contributed by atoms with E-state index in [0.717, 1.165) is 30.9 Å². The standard InChI is InChI=1S/C26H37N5O2/c1-30-25(15-24(29-30)18-6-4-3-5-7-18)23-17-31-13-12-19(23)14-21(31)16-27-26(32)28-20-8-10-22(33-2)11-9-20/h8-11,15,18-19,21,23H,3-7,12-14,16-17H2,1-2H3,(H2,27,28,32)/t19-,21+,23+/m0/s1. The number of rotatable bonds is 6. The summed E-state index contributed by atoms with van der Waals surface area (Å²) in [6.07, 6.45) is 9.03. The number of nitrogens with one attached hydrogen (secondary N) is 2. The number of ether oxygens (including phenoxy) is 1. The lowest BCUT2D eigenvalue weighted by molar-refractivity contribution is 0.0296. The Balaban J connectivity index is 1.16. The van der Waals surface area contributed by atoms with Crippen molar-refractivity contribution in [2.75, 3.05) is 32.1 Å². The Morgan fingerprint density at radius 3 is 2.64 bits per heavy atom. The molecule has 0 radical (unpaired) electrons. The zero-order valence-corrected chi connectivity index (χ0v) is 19.9. The number of carbonyl (C=O) groups is 1. The highest BCUT2D eigenvalue weighted by molar-refractivity contribution is 5.89. The van der Waals surface area contributed by atoms with Gasteiger partial charge in [-0.2, -0.15) is 5.10 Å². The highest BCUT2D eigenvalue weighted by atomic mass is 16.5. The molecule has 3 saturated heterocycles. The number of methoxy groups -OCH3 is 1. The van der Waals surface area contributed by atoms with Gasteiger partial charge in [-0.3, -0.25) is 9.58 Å². The zero-order chi connectivity index (χ0) is 22.8. The minimum atomic E-state index is -0.150. The molecule has 4 heterocycles. The van der Waals surface area contributed by atoms with E-state index in [9.17, 15) is 4.79 Å². The lowest BCUT2D eigenvalue weighted by atomic mass is 9.74. The van der Waals surface area contributed by atoms with Gasteiger partial charge in [-0.1, -0.05) is 19.3 Å². The minimum absolute atomic E-state index is 0.150. The topological polar surface area (TPSA) is 71.4 Å². The van der Waals surface area contributed by atoms with E-state index in [1.165, 1.54) is 49.9 Å². The van der Waals surface area contributed by atoms with Crippen LogP contribution in [-0.4, -0.2) is 53.5 Å². The molecule has 178 valence electrons. The predicted octanol–water partition coefficient (Wildman–Crippen LogP) is 4.48. The van der Waals surface area contributed by atoms with Gasteiger partial charge in [-0.05, 0) is 68.5 Å². The third kappa shape index (κ3) is 4.88. The fraction of sp³-hybridized carbons (Fsp3) is 0.615. The number of urea groups is 1. The monoisotopic (exact) mass is 451 g/mol. The van der Waals surface area contributed by atoms with Crippen LogP contribution in [0.25, 0.3) is 0 Å². The highest BCUT2D eigenvalue weighted by Gasteiger charge is 2.42. The largest absolute Gasteiger partial charge is 0.497 e. The molecule has 7 heteroatoms. The van der Waals surface area contributed by atoms with Gasteiger partial charge >= 0.3 is 6.03 Å². The minimum Gasteiger partial charge on any atom is -0.497 e. The van der Waals surface area contributed by atoms with Crippen molar-refractivity contribution in [1.82, 2.24) is 20.0 Å². The van der Waals surface area contributed by atoms with Gasteiger partial charge in [0.1, 0.15) is 5.75 Å². The van der Waals surface area contributed by atoms with Gasteiger partial charge < -0.3 is 15.4 Å². The Hall–Kier alpha value is -2.54. The second-order valence-electron chi connectivity index (χ2n) is 10.1.